The van der Waals surface area contributed by atoms with Crippen molar-refractivity contribution in [3.63, 3.8) is 0 Å². The summed E-state index contributed by atoms with van der Waals surface area (Å²) in [6.45, 7) is 6.91. The van der Waals surface area contributed by atoms with Crippen molar-refractivity contribution in [2.24, 2.45) is 11.8 Å². The van der Waals surface area contributed by atoms with Crippen molar-refractivity contribution < 1.29 is 38.9 Å². The van der Waals surface area contributed by atoms with Gasteiger partial charge in [-0.25, -0.2) is 4.79 Å². The fourth-order valence-electron chi connectivity index (χ4n) is 8.45. The number of aromatic hydroxyl groups is 2. The zero-order valence-corrected chi connectivity index (χ0v) is 32.7. The van der Waals surface area contributed by atoms with E-state index in [1.54, 1.807) is 60.4 Å². The summed E-state index contributed by atoms with van der Waals surface area (Å²) in [7, 11) is 1.53. The second-order valence-corrected chi connectivity index (χ2v) is 15.8. The van der Waals surface area contributed by atoms with Gasteiger partial charge < -0.3 is 34.5 Å². The first-order chi connectivity index (χ1) is 26.8. The number of ketones is 1. The minimum atomic E-state index is -0.952. The lowest BCUT2D eigenvalue weighted by atomic mass is 9.82. The van der Waals surface area contributed by atoms with Crippen LogP contribution in [0.4, 0.5) is 0 Å². The molecule has 12 heteroatoms. The van der Waals surface area contributed by atoms with Crippen LogP contribution in [0.5, 0.6) is 17.2 Å². The van der Waals surface area contributed by atoms with Crippen LogP contribution < -0.4 is 15.6 Å². The number of Topliss-reactive ketones (excluding diaryl/α,β-unsaturated/α-hetero) is 1. The maximum atomic E-state index is 14.2. The number of benzene rings is 2. The number of ether oxygens (including phenoxy) is 2. The van der Waals surface area contributed by atoms with Gasteiger partial charge in [-0.1, -0.05) is 44.2 Å². The molecule has 6 rings (SSSR count). The molecular formula is C44H53N3O9. The Morgan fingerprint density at radius 3 is 2.48 bits per heavy atom. The molecular weight excluding hydrogens is 714 g/mol. The van der Waals surface area contributed by atoms with Crippen LogP contribution in [0.3, 0.4) is 0 Å². The van der Waals surface area contributed by atoms with E-state index < -0.39 is 35.7 Å². The smallest absolute Gasteiger partial charge is 0.342 e. The molecule has 0 radical (unpaired) electrons. The van der Waals surface area contributed by atoms with E-state index in [1.807, 2.05) is 24.5 Å². The van der Waals surface area contributed by atoms with Crippen LogP contribution in [0.2, 0.25) is 0 Å². The summed E-state index contributed by atoms with van der Waals surface area (Å²) in [4.78, 5) is 68.8. The fourth-order valence-corrected chi connectivity index (χ4v) is 8.45. The van der Waals surface area contributed by atoms with Gasteiger partial charge in [0, 0.05) is 68.1 Å². The van der Waals surface area contributed by atoms with Crippen LogP contribution in [0, 0.1) is 11.8 Å². The van der Waals surface area contributed by atoms with Crippen LogP contribution in [-0.4, -0.2) is 75.6 Å². The third-order valence-corrected chi connectivity index (χ3v) is 11.3. The molecule has 3 aliphatic rings. The van der Waals surface area contributed by atoms with Crippen molar-refractivity contribution in [3.8, 4) is 17.2 Å². The zero-order chi connectivity index (χ0) is 40.1. The van der Waals surface area contributed by atoms with Crippen LogP contribution in [0.25, 0.3) is 6.08 Å². The normalized spacial score (nSPS) is 21.8. The summed E-state index contributed by atoms with van der Waals surface area (Å²) in [5.41, 5.74) is 1.51. The molecule has 1 aromatic heterocycles. The minimum Gasteiger partial charge on any atom is -0.507 e. The predicted molar refractivity (Wildman–Crippen MR) is 211 cm³/mol. The van der Waals surface area contributed by atoms with E-state index in [0.29, 0.717) is 69.5 Å². The number of phenols is 2. The number of carbonyl (C=O) groups excluding carboxylic acids is 4. The number of piperidine rings is 1. The quantitative estimate of drug-likeness (QED) is 0.231. The predicted octanol–water partition coefficient (Wildman–Crippen LogP) is 6.06. The number of cyclic esters (lactones) is 1. The number of aromatic nitrogens is 1. The number of esters is 1. The summed E-state index contributed by atoms with van der Waals surface area (Å²) in [6.07, 6.45) is 6.52. The molecule has 12 nitrogen and oxygen atoms in total. The van der Waals surface area contributed by atoms with E-state index in [-0.39, 0.29) is 63.9 Å². The van der Waals surface area contributed by atoms with Crippen molar-refractivity contribution in [3.05, 3.63) is 92.9 Å². The van der Waals surface area contributed by atoms with Crippen LogP contribution in [0.1, 0.15) is 117 Å². The Morgan fingerprint density at radius 2 is 1.75 bits per heavy atom. The number of phenolic OH excluding ortho intramolecular Hbond substituents is 2. The number of hydrogen-bond acceptors (Lipinski definition) is 9. The summed E-state index contributed by atoms with van der Waals surface area (Å²) in [6, 6.07) is 12.6. The van der Waals surface area contributed by atoms with Gasteiger partial charge >= 0.3 is 5.97 Å². The van der Waals surface area contributed by atoms with Gasteiger partial charge in [0.2, 0.25) is 11.8 Å². The number of amides is 2. The SMILES string of the molecule is COc1ccc(C(CC(=O)N[C@H](C(=O)N2C[C@H]3C[C@@H](C2)c2cccc(=O)n2C3)C(C)C)c2c(O)cc3c(c2O)C(=O)O[C@@H](C)CCCC(=O)CCC/C=C/3)cc1. The molecule has 1 fully saturated rings. The third kappa shape index (κ3) is 9.01. The van der Waals surface area contributed by atoms with Gasteiger partial charge in [-0.05, 0) is 86.3 Å². The van der Waals surface area contributed by atoms with Crippen molar-refractivity contribution in [2.75, 3.05) is 20.2 Å². The number of fused-ring (bicyclic) bond motifs is 5. The highest BCUT2D eigenvalue weighted by molar-refractivity contribution is 5.98. The highest BCUT2D eigenvalue weighted by Gasteiger charge is 2.39. The van der Waals surface area contributed by atoms with E-state index in [1.165, 1.54) is 13.2 Å². The van der Waals surface area contributed by atoms with Gasteiger partial charge in [0.1, 0.15) is 34.6 Å². The molecule has 56 heavy (non-hydrogen) atoms. The largest absolute Gasteiger partial charge is 0.507 e. The van der Waals surface area contributed by atoms with E-state index in [9.17, 15) is 34.2 Å². The average Bonchev–Trinajstić information content (AvgIpc) is 3.16. The van der Waals surface area contributed by atoms with Crippen molar-refractivity contribution in [1.82, 2.24) is 14.8 Å². The fraction of sp³-hybridized carbons (Fsp3) is 0.477. The molecule has 1 unspecified atom stereocenters. The second-order valence-electron chi connectivity index (χ2n) is 15.8. The summed E-state index contributed by atoms with van der Waals surface area (Å²) in [5.74, 6) is -2.70. The number of methoxy groups -OCH3 is 1. The number of rotatable bonds is 8. The van der Waals surface area contributed by atoms with E-state index in [0.717, 1.165) is 12.1 Å². The molecule has 2 amide bonds. The summed E-state index contributed by atoms with van der Waals surface area (Å²) >= 11 is 0. The highest BCUT2D eigenvalue weighted by Crippen LogP contribution is 2.44. The molecule has 298 valence electrons. The Kier molecular flexibility index (Phi) is 12.7. The van der Waals surface area contributed by atoms with Gasteiger partial charge in [0.05, 0.1) is 13.2 Å². The minimum absolute atomic E-state index is 0.0111. The number of carbonyl (C=O) groups is 4. The molecule has 4 heterocycles. The molecule has 1 saturated heterocycles. The summed E-state index contributed by atoms with van der Waals surface area (Å²) < 4.78 is 12.9. The van der Waals surface area contributed by atoms with Gasteiger partial charge in [0.15, 0.2) is 0 Å². The van der Waals surface area contributed by atoms with E-state index in [2.05, 4.69) is 5.32 Å². The second kappa shape index (κ2) is 17.6. The maximum Gasteiger partial charge on any atom is 0.342 e. The van der Waals surface area contributed by atoms with Gasteiger partial charge in [-0.15, -0.1) is 0 Å². The molecule has 3 aliphatic heterocycles. The molecule has 2 bridgehead atoms. The van der Waals surface area contributed by atoms with Crippen molar-refractivity contribution >= 4 is 29.6 Å². The van der Waals surface area contributed by atoms with Gasteiger partial charge in [0.25, 0.3) is 5.56 Å². The number of hydrogen-bond donors (Lipinski definition) is 3. The number of allylic oxidation sites excluding steroid dienone is 1. The molecule has 3 N–H and O–H groups in total. The maximum absolute atomic E-state index is 14.2. The van der Waals surface area contributed by atoms with Crippen molar-refractivity contribution in [1.29, 1.82) is 0 Å². The Bertz CT molecular complexity index is 2040. The Labute approximate surface area is 327 Å². The van der Waals surface area contributed by atoms with Crippen LogP contribution >= 0.6 is 0 Å². The number of likely N-dealkylation sites (tertiary alicyclic amines) is 1. The molecule has 0 saturated carbocycles. The Balaban J connectivity index is 1.30. The van der Waals surface area contributed by atoms with Crippen LogP contribution in [-0.2, 0) is 25.7 Å². The Morgan fingerprint density at radius 1 is 1.00 bits per heavy atom. The third-order valence-electron chi connectivity index (χ3n) is 11.3. The standard InChI is InChI=1S/C44H53N3O9/c1-26(2)41(43(53)46-23-28-20-31(25-46)35-14-9-15-38(51)47(35)24-28)45-37(50)22-34(29-16-18-33(55-4)19-17-29)40-36(49)21-30-11-6-5-7-12-32(48)13-8-10-27(3)56-44(54)39(30)42(40)52/h6,9,11,14-19,21,26-28,31,34,41,49,52H,5,7-8,10,12-13,20,22-25H2,1-4H3,(H,45,50)/b11-6+/t27-,28+,31-,34?,41-/m0/s1. The summed E-state index contributed by atoms with van der Waals surface area (Å²) in [5, 5.41) is 26.6. The lowest BCUT2D eigenvalue weighted by molar-refractivity contribution is -0.140. The number of pyridine rings is 1. The first-order valence-electron chi connectivity index (χ1n) is 19.7. The van der Waals surface area contributed by atoms with Gasteiger partial charge in [-0.2, -0.15) is 0 Å². The lowest BCUT2D eigenvalue weighted by Gasteiger charge is -2.44. The van der Waals surface area contributed by atoms with Crippen molar-refractivity contribution in [2.45, 2.75) is 103 Å². The first kappa shape index (κ1) is 40.3. The average molecular weight is 768 g/mol. The topological polar surface area (TPSA) is 164 Å². The molecule has 2 aromatic carbocycles. The number of nitrogens with one attached hydrogen (secondary N) is 1. The van der Waals surface area contributed by atoms with Crippen LogP contribution in [0.15, 0.2) is 59.4 Å². The lowest BCUT2D eigenvalue weighted by Crippen LogP contribution is -2.56. The van der Waals surface area contributed by atoms with E-state index >= 15 is 0 Å². The zero-order valence-electron chi connectivity index (χ0n) is 32.7. The first-order valence-corrected chi connectivity index (χ1v) is 19.7. The highest BCUT2D eigenvalue weighted by atomic mass is 16.5. The molecule has 3 aromatic rings. The Hall–Kier alpha value is -5.39. The molecule has 0 aliphatic carbocycles. The molecule has 0 spiro atoms. The van der Waals surface area contributed by atoms with E-state index in [4.69, 9.17) is 9.47 Å². The number of nitrogens with zero attached hydrogens (tertiary/aromatic N) is 2. The monoisotopic (exact) mass is 767 g/mol. The molecule has 5 atom stereocenters. The van der Waals surface area contributed by atoms with Gasteiger partial charge in [-0.3, -0.25) is 19.2 Å².